The van der Waals surface area contributed by atoms with Gasteiger partial charge < -0.3 is 14.4 Å². The standard InChI is InChI=1S/C20H18N4O4/c1-4-10-24-19(26)17-18(23(3)20(24)27)21-16(22(17)2)9-8-14-6-5-7-15(13-14)28-12-11-25/h1,5-7,13,25H,10-12H2,2-3H3. The van der Waals surface area contributed by atoms with Crippen molar-refractivity contribution < 1.29 is 9.84 Å². The molecule has 3 rings (SSSR count). The van der Waals surface area contributed by atoms with Crippen molar-refractivity contribution in [1.29, 1.82) is 0 Å². The summed E-state index contributed by atoms with van der Waals surface area (Å²) in [4.78, 5) is 29.3. The first-order chi connectivity index (χ1) is 13.5. The van der Waals surface area contributed by atoms with Crippen LogP contribution in [-0.2, 0) is 20.6 Å². The molecule has 0 fully saturated rings. The minimum atomic E-state index is -0.526. The molecule has 0 radical (unpaired) electrons. The first-order valence-corrected chi connectivity index (χ1v) is 8.43. The Morgan fingerprint density at radius 1 is 1.21 bits per heavy atom. The molecule has 0 aliphatic heterocycles. The fourth-order valence-corrected chi connectivity index (χ4v) is 2.74. The van der Waals surface area contributed by atoms with E-state index in [0.717, 1.165) is 4.57 Å². The number of ether oxygens (including phenoxy) is 1. The Bertz CT molecular complexity index is 1260. The average molecular weight is 378 g/mol. The second-order valence-corrected chi connectivity index (χ2v) is 5.95. The molecule has 142 valence electrons. The fraction of sp³-hybridized carbons (Fsp3) is 0.250. The van der Waals surface area contributed by atoms with Gasteiger partial charge in [-0.25, -0.2) is 14.3 Å². The van der Waals surface area contributed by atoms with Crippen LogP contribution in [0.4, 0.5) is 0 Å². The van der Waals surface area contributed by atoms with Gasteiger partial charge in [-0.2, -0.15) is 0 Å². The molecule has 0 aliphatic carbocycles. The van der Waals surface area contributed by atoms with Crippen LogP contribution in [-0.4, -0.2) is 37.0 Å². The number of aliphatic hydroxyl groups excluding tert-OH is 1. The minimum Gasteiger partial charge on any atom is -0.491 e. The monoisotopic (exact) mass is 378 g/mol. The van der Waals surface area contributed by atoms with Crippen molar-refractivity contribution in [2.24, 2.45) is 14.1 Å². The lowest BCUT2D eigenvalue weighted by molar-refractivity contribution is 0.201. The molecular weight excluding hydrogens is 360 g/mol. The van der Waals surface area contributed by atoms with E-state index >= 15 is 0 Å². The summed E-state index contributed by atoms with van der Waals surface area (Å²) in [5.41, 5.74) is 0.151. The Labute approximate surface area is 160 Å². The molecule has 3 aromatic rings. The maximum absolute atomic E-state index is 12.7. The average Bonchev–Trinajstić information content (AvgIpc) is 3.03. The molecule has 0 amide bonds. The lowest BCUT2D eigenvalue weighted by Gasteiger charge is -2.05. The van der Waals surface area contributed by atoms with E-state index in [-0.39, 0.29) is 30.9 Å². The molecule has 0 unspecified atom stereocenters. The van der Waals surface area contributed by atoms with Crippen LogP contribution >= 0.6 is 0 Å². The summed E-state index contributed by atoms with van der Waals surface area (Å²) in [6, 6.07) is 7.09. The number of imidazole rings is 1. The fourth-order valence-electron chi connectivity index (χ4n) is 2.74. The molecule has 2 aromatic heterocycles. The quantitative estimate of drug-likeness (QED) is 0.637. The first kappa shape index (κ1) is 19.0. The maximum atomic E-state index is 12.7. The molecule has 8 heteroatoms. The van der Waals surface area contributed by atoms with Crippen LogP contribution in [0, 0.1) is 24.2 Å². The van der Waals surface area contributed by atoms with Gasteiger partial charge in [0, 0.05) is 19.7 Å². The van der Waals surface area contributed by atoms with Gasteiger partial charge in [0.1, 0.15) is 12.4 Å². The van der Waals surface area contributed by atoms with E-state index in [4.69, 9.17) is 16.3 Å². The van der Waals surface area contributed by atoms with E-state index in [0.29, 0.717) is 17.1 Å². The van der Waals surface area contributed by atoms with E-state index in [1.165, 1.54) is 11.6 Å². The molecule has 8 nitrogen and oxygen atoms in total. The molecule has 1 aromatic carbocycles. The lowest BCUT2D eigenvalue weighted by atomic mass is 10.2. The number of aryl methyl sites for hydroxylation is 2. The number of terminal acetylenes is 1. The number of aromatic nitrogens is 4. The smallest absolute Gasteiger partial charge is 0.333 e. The van der Waals surface area contributed by atoms with Gasteiger partial charge in [-0.3, -0.25) is 9.36 Å². The van der Waals surface area contributed by atoms with Crippen LogP contribution in [0.15, 0.2) is 33.9 Å². The number of hydrogen-bond acceptors (Lipinski definition) is 5. The molecule has 0 spiro atoms. The van der Waals surface area contributed by atoms with Crippen molar-refractivity contribution in [3.8, 4) is 29.9 Å². The highest BCUT2D eigenvalue weighted by Crippen LogP contribution is 2.13. The topological polar surface area (TPSA) is 91.3 Å². The number of rotatable bonds is 4. The number of aliphatic hydroxyl groups is 1. The largest absolute Gasteiger partial charge is 0.491 e. The van der Waals surface area contributed by atoms with Gasteiger partial charge in [-0.1, -0.05) is 17.9 Å². The first-order valence-electron chi connectivity index (χ1n) is 8.43. The second kappa shape index (κ2) is 7.87. The summed E-state index contributed by atoms with van der Waals surface area (Å²) >= 11 is 0. The molecule has 0 atom stereocenters. The Morgan fingerprint density at radius 3 is 2.71 bits per heavy atom. The molecule has 28 heavy (non-hydrogen) atoms. The highest BCUT2D eigenvalue weighted by atomic mass is 16.5. The second-order valence-electron chi connectivity index (χ2n) is 5.95. The summed E-state index contributed by atoms with van der Waals surface area (Å²) < 4.78 is 9.18. The molecule has 0 saturated heterocycles. The zero-order chi connectivity index (χ0) is 20.3. The Balaban J connectivity index is 2.09. The van der Waals surface area contributed by atoms with Crippen LogP contribution in [0.5, 0.6) is 5.75 Å². The third kappa shape index (κ3) is 3.41. The lowest BCUT2D eigenvalue weighted by Crippen LogP contribution is -2.39. The summed E-state index contributed by atoms with van der Waals surface area (Å²) in [7, 11) is 3.19. The highest BCUT2D eigenvalue weighted by Gasteiger charge is 2.17. The van der Waals surface area contributed by atoms with E-state index in [1.54, 1.807) is 35.9 Å². The van der Waals surface area contributed by atoms with Crippen LogP contribution in [0.25, 0.3) is 11.2 Å². The Kier molecular flexibility index (Phi) is 5.35. The third-order valence-electron chi connectivity index (χ3n) is 4.12. The number of fused-ring (bicyclic) bond motifs is 1. The van der Waals surface area contributed by atoms with Gasteiger partial charge in [0.25, 0.3) is 5.56 Å². The SMILES string of the molecule is C#CCn1c(=O)c2c(nc(C#Cc3cccc(OCCO)c3)n2C)n(C)c1=O. The maximum Gasteiger partial charge on any atom is 0.333 e. The van der Waals surface area contributed by atoms with E-state index in [9.17, 15) is 9.59 Å². The summed E-state index contributed by atoms with van der Waals surface area (Å²) in [6.07, 6.45) is 5.26. The number of nitrogens with zero attached hydrogens (tertiary/aromatic N) is 4. The Morgan fingerprint density at radius 2 is 2.00 bits per heavy atom. The minimum absolute atomic E-state index is 0.0777. The Hall–Kier alpha value is -3.75. The third-order valence-corrected chi connectivity index (χ3v) is 4.12. The molecule has 0 bridgehead atoms. The van der Waals surface area contributed by atoms with Gasteiger partial charge in [0.15, 0.2) is 17.0 Å². The number of benzene rings is 1. The predicted octanol–water partition coefficient (Wildman–Crippen LogP) is -0.162. The van der Waals surface area contributed by atoms with Crippen LogP contribution < -0.4 is 16.0 Å². The van der Waals surface area contributed by atoms with Crippen molar-refractivity contribution in [3.63, 3.8) is 0 Å². The molecule has 0 aliphatic rings. The molecule has 0 saturated carbocycles. The molecule has 1 N–H and O–H groups in total. The number of hydrogen-bond donors (Lipinski definition) is 1. The zero-order valence-corrected chi connectivity index (χ0v) is 15.5. The normalized spacial score (nSPS) is 10.4. The molecule has 2 heterocycles. The van der Waals surface area contributed by atoms with Gasteiger partial charge >= 0.3 is 5.69 Å². The predicted molar refractivity (Wildman–Crippen MR) is 104 cm³/mol. The summed E-state index contributed by atoms with van der Waals surface area (Å²) in [5.74, 6) is 9.13. The summed E-state index contributed by atoms with van der Waals surface area (Å²) in [5, 5.41) is 8.84. The van der Waals surface area contributed by atoms with Crippen LogP contribution in [0.1, 0.15) is 11.4 Å². The van der Waals surface area contributed by atoms with Crippen molar-refractivity contribution >= 4 is 11.2 Å². The van der Waals surface area contributed by atoms with Crippen LogP contribution in [0.2, 0.25) is 0 Å². The zero-order valence-electron chi connectivity index (χ0n) is 15.5. The van der Waals surface area contributed by atoms with Gasteiger partial charge in [0.05, 0.1) is 13.2 Å². The van der Waals surface area contributed by atoms with Crippen molar-refractivity contribution in [3.05, 3.63) is 56.5 Å². The van der Waals surface area contributed by atoms with E-state index in [2.05, 4.69) is 22.7 Å². The van der Waals surface area contributed by atoms with Gasteiger partial charge in [0.2, 0.25) is 0 Å². The summed E-state index contributed by atoms with van der Waals surface area (Å²) in [6.45, 7) is -0.000435. The van der Waals surface area contributed by atoms with E-state index < -0.39 is 11.2 Å². The van der Waals surface area contributed by atoms with E-state index in [1.807, 2.05) is 0 Å². The van der Waals surface area contributed by atoms with Crippen molar-refractivity contribution in [2.75, 3.05) is 13.2 Å². The van der Waals surface area contributed by atoms with Crippen molar-refractivity contribution in [1.82, 2.24) is 18.7 Å². The molecular formula is C20H18N4O4. The van der Waals surface area contributed by atoms with Crippen molar-refractivity contribution in [2.45, 2.75) is 6.54 Å². The van der Waals surface area contributed by atoms with Gasteiger partial charge in [-0.15, -0.1) is 6.42 Å². The highest BCUT2D eigenvalue weighted by molar-refractivity contribution is 5.72. The van der Waals surface area contributed by atoms with Crippen LogP contribution in [0.3, 0.4) is 0 Å². The van der Waals surface area contributed by atoms with Gasteiger partial charge in [-0.05, 0) is 24.1 Å².